The first-order valence-corrected chi connectivity index (χ1v) is 8.62. The zero-order valence-electron chi connectivity index (χ0n) is 12.1. The Hall–Kier alpha value is -1.40. The standard InChI is InChI=1S/C14H22N2O3S/c1-11(15-8-5-9-20(3,18)19)13-6-4-7-14(10-13)16-12(2)17/h4,6-7,10-11,15H,5,8-9H2,1-3H3,(H,16,17). The van der Waals surface area contributed by atoms with Gasteiger partial charge in [-0.05, 0) is 37.6 Å². The van der Waals surface area contributed by atoms with Crippen molar-refractivity contribution in [3.05, 3.63) is 29.8 Å². The summed E-state index contributed by atoms with van der Waals surface area (Å²) in [5, 5.41) is 6.02. The Morgan fingerprint density at radius 2 is 2.05 bits per heavy atom. The van der Waals surface area contributed by atoms with Gasteiger partial charge in [0.15, 0.2) is 0 Å². The second kappa shape index (κ2) is 7.40. The molecule has 0 bridgehead atoms. The summed E-state index contributed by atoms with van der Waals surface area (Å²) in [6.07, 6.45) is 1.84. The quantitative estimate of drug-likeness (QED) is 0.752. The van der Waals surface area contributed by atoms with Crippen LogP contribution in [-0.4, -0.2) is 32.9 Å². The van der Waals surface area contributed by atoms with E-state index < -0.39 is 9.84 Å². The molecule has 2 N–H and O–H groups in total. The third-order valence-electron chi connectivity index (χ3n) is 2.85. The minimum Gasteiger partial charge on any atom is -0.326 e. The molecule has 6 heteroatoms. The first-order valence-electron chi connectivity index (χ1n) is 6.56. The average Bonchev–Trinajstić information content (AvgIpc) is 2.32. The van der Waals surface area contributed by atoms with Gasteiger partial charge in [0.2, 0.25) is 5.91 Å². The Bertz CT molecular complexity index is 555. The number of sulfone groups is 1. The van der Waals surface area contributed by atoms with Crippen LogP contribution in [0.15, 0.2) is 24.3 Å². The molecule has 0 saturated heterocycles. The molecular weight excluding hydrogens is 276 g/mol. The van der Waals surface area contributed by atoms with Crippen LogP contribution in [-0.2, 0) is 14.6 Å². The Kier molecular flexibility index (Phi) is 6.16. The van der Waals surface area contributed by atoms with Gasteiger partial charge in [0, 0.05) is 24.9 Å². The van der Waals surface area contributed by atoms with Crippen molar-refractivity contribution in [2.24, 2.45) is 0 Å². The van der Waals surface area contributed by atoms with Gasteiger partial charge in [-0.15, -0.1) is 0 Å². The van der Waals surface area contributed by atoms with Gasteiger partial charge in [-0.25, -0.2) is 8.42 Å². The zero-order valence-corrected chi connectivity index (χ0v) is 13.0. The zero-order chi connectivity index (χ0) is 15.2. The molecule has 0 saturated carbocycles. The highest BCUT2D eigenvalue weighted by Crippen LogP contribution is 2.17. The number of benzene rings is 1. The number of carbonyl (C=O) groups is 1. The summed E-state index contributed by atoms with van der Waals surface area (Å²) in [4.78, 5) is 11.0. The van der Waals surface area contributed by atoms with Gasteiger partial charge in [-0.2, -0.15) is 0 Å². The highest BCUT2D eigenvalue weighted by Gasteiger charge is 2.07. The summed E-state index contributed by atoms with van der Waals surface area (Å²) in [7, 11) is -2.89. The number of hydrogen-bond donors (Lipinski definition) is 2. The van der Waals surface area contributed by atoms with Crippen molar-refractivity contribution in [1.82, 2.24) is 5.32 Å². The van der Waals surface area contributed by atoms with Crippen LogP contribution in [0.3, 0.4) is 0 Å². The van der Waals surface area contributed by atoms with E-state index in [0.717, 1.165) is 11.3 Å². The number of amides is 1. The number of hydrogen-bond acceptors (Lipinski definition) is 4. The highest BCUT2D eigenvalue weighted by molar-refractivity contribution is 7.90. The van der Waals surface area contributed by atoms with Gasteiger partial charge in [0.25, 0.3) is 0 Å². The predicted octanol–water partition coefficient (Wildman–Crippen LogP) is 1.73. The van der Waals surface area contributed by atoms with E-state index in [0.29, 0.717) is 13.0 Å². The van der Waals surface area contributed by atoms with Crippen molar-refractivity contribution in [3.8, 4) is 0 Å². The summed E-state index contributed by atoms with van der Waals surface area (Å²) in [6.45, 7) is 4.12. The maximum atomic E-state index is 11.0. The lowest BCUT2D eigenvalue weighted by Crippen LogP contribution is -2.22. The molecule has 5 nitrogen and oxygen atoms in total. The number of carbonyl (C=O) groups excluding carboxylic acids is 1. The lowest BCUT2D eigenvalue weighted by molar-refractivity contribution is -0.114. The third kappa shape index (κ3) is 6.68. The summed E-state index contributed by atoms with van der Waals surface area (Å²) in [5.74, 6) is 0.0921. The minimum atomic E-state index is -2.89. The van der Waals surface area contributed by atoms with Gasteiger partial charge in [0.1, 0.15) is 9.84 Å². The molecule has 0 fully saturated rings. The summed E-state index contributed by atoms with van der Waals surface area (Å²) in [6, 6.07) is 7.70. The molecule has 1 rings (SSSR count). The van der Waals surface area contributed by atoms with Crippen molar-refractivity contribution in [1.29, 1.82) is 0 Å². The molecular formula is C14H22N2O3S. The van der Waals surface area contributed by atoms with Gasteiger partial charge < -0.3 is 10.6 Å². The second-order valence-corrected chi connectivity index (χ2v) is 7.23. The van der Waals surface area contributed by atoms with Crippen molar-refractivity contribution < 1.29 is 13.2 Å². The van der Waals surface area contributed by atoms with Crippen LogP contribution in [0.4, 0.5) is 5.69 Å². The molecule has 0 aliphatic heterocycles. The molecule has 1 unspecified atom stereocenters. The molecule has 0 aliphatic rings. The monoisotopic (exact) mass is 298 g/mol. The molecule has 0 aliphatic carbocycles. The average molecular weight is 298 g/mol. The number of rotatable bonds is 7. The molecule has 1 aromatic rings. The topological polar surface area (TPSA) is 75.3 Å². The molecule has 0 aromatic heterocycles. The van der Waals surface area contributed by atoms with Gasteiger partial charge >= 0.3 is 0 Å². The summed E-state index contributed by atoms with van der Waals surface area (Å²) >= 11 is 0. The minimum absolute atomic E-state index is 0.100. The van der Waals surface area contributed by atoms with E-state index >= 15 is 0 Å². The molecule has 1 atom stereocenters. The maximum Gasteiger partial charge on any atom is 0.221 e. The highest BCUT2D eigenvalue weighted by atomic mass is 32.2. The Morgan fingerprint density at radius 1 is 1.35 bits per heavy atom. The molecule has 0 heterocycles. The smallest absolute Gasteiger partial charge is 0.221 e. The Morgan fingerprint density at radius 3 is 2.65 bits per heavy atom. The van der Waals surface area contributed by atoms with E-state index in [9.17, 15) is 13.2 Å². The lowest BCUT2D eigenvalue weighted by atomic mass is 10.1. The largest absolute Gasteiger partial charge is 0.326 e. The molecule has 0 radical (unpaired) electrons. The Labute approximate surface area is 120 Å². The summed E-state index contributed by atoms with van der Waals surface area (Å²) < 4.78 is 22.1. The van der Waals surface area contributed by atoms with Crippen molar-refractivity contribution >= 4 is 21.4 Å². The van der Waals surface area contributed by atoms with Crippen molar-refractivity contribution in [2.45, 2.75) is 26.3 Å². The SMILES string of the molecule is CC(=O)Nc1cccc(C(C)NCCCS(C)(=O)=O)c1. The van der Waals surface area contributed by atoms with E-state index in [4.69, 9.17) is 0 Å². The van der Waals surface area contributed by atoms with Crippen molar-refractivity contribution in [2.75, 3.05) is 23.9 Å². The lowest BCUT2D eigenvalue weighted by Gasteiger charge is -2.15. The van der Waals surface area contributed by atoms with Crippen LogP contribution in [0.5, 0.6) is 0 Å². The van der Waals surface area contributed by atoms with Crippen LogP contribution < -0.4 is 10.6 Å². The van der Waals surface area contributed by atoms with E-state index in [2.05, 4.69) is 10.6 Å². The molecule has 0 spiro atoms. The fourth-order valence-electron chi connectivity index (χ4n) is 1.86. The van der Waals surface area contributed by atoms with Crippen LogP contribution in [0.25, 0.3) is 0 Å². The van der Waals surface area contributed by atoms with Gasteiger partial charge in [-0.1, -0.05) is 12.1 Å². The predicted molar refractivity (Wildman–Crippen MR) is 81.5 cm³/mol. The first-order chi connectivity index (χ1) is 9.28. The number of nitrogens with one attached hydrogen (secondary N) is 2. The normalized spacial score (nSPS) is 12.9. The molecule has 20 heavy (non-hydrogen) atoms. The van der Waals surface area contributed by atoms with Gasteiger partial charge in [-0.3, -0.25) is 4.79 Å². The van der Waals surface area contributed by atoms with E-state index in [-0.39, 0.29) is 17.7 Å². The third-order valence-corrected chi connectivity index (χ3v) is 3.88. The fraction of sp³-hybridized carbons (Fsp3) is 0.500. The van der Waals surface area contributed by atoms with Crippen LogP contribution in [0, 0.1) is 0 Å². The van der Waals surface area contributed by atoms with E-state index in [1.165, 1.54) is 13.2 Å². The fourth-order valence-corrected chi connectivity index (χ4v) is 2.53. The van der Waals surface area contributed by atoms with E-state index in [1.807, 2.05) is 31.2 Å². The Balaban J connectivity index is 2.50. The van der Waals surface area contributed by atoms with Crippen LogP contribution in [0.1, 0.15) is 31.9 Å². The molecule has 1 aromatic carbocycles. The van der Waals surface area contributed by atoms with Crippen LogP contribution in [0.2, 0.25) is 0 Å². The van der Waals surface area contributed by atoms with E-state index in [1.54, 1.807) is 0 Å². The molecule has 1 amide bonds. The molecule has 112 valence electrons. The summed E-state index contributed by atoms with van der Waals surface area (Å²) in [5.41, 5.74) is 1.82. The first kappa shape index (κ1) is 16.7. The maximum absolute atomic E-state index is 11.0. The van der Waals surface area contributed by atoms with Crippen LogP contribution >= 0.6 is 0 Å². The second-order valence-electron chi connectivity index (χ2n) is 4.97. The van der Waals surface area contributed by atoms with Crippen molar-refractivity contribution in [3.63, 3.8) is 0 Å². The number of anilines is 1. The van der Waals surface area contributed by atoms with Gasteiger partial charge in [0.05, 0.1) is 5.75 Å².